The molecule has 0 aromatic rings. The third kappa shape index (κ3) is 3.40. The molecule has 1 heterocycles. The van der Waals surface area contributed by atoms with E-state index < -0.39 is 0 Å². The Morgan fingerprint density at radius 1 is 1.69 bits per heavy atom. The van der Waals surface area contributed by atoms with Gasteiger partial charge in [-0.25, -0.2) is 4.79 Å². The van der Waals surface area contributed by atoms with Crippen LogP contribution in [0.4, 0.5) is 4.79 Å². The molecule has 0 radical (unpaired) electrons. The van der Waals surface area contributed by atoms with Crippen LogP contribution in [0.2, 0.25) is 0 Å². The topological polar surface area (TPSA) is 58.4 Å². The first-order chi connectivity index (χ1) is 5.75. The minimum absolute atomic E-state index is 0. The van der Waals surface area contributed by atoms with E-state index in [1.54, 1.807) is 4.90 Å². The number of carbonyl (C=O) groups excluding carboxylic acids is 1. The molecular weight excluding hydrogens is 190 g/mol. The van der Waals surface area contributed by atoms with E-state index in [9.17, 15) is 4.79 Å². The fraction of sp³-hybridized carbons (Fsp3) is 0.875. The Balaban J connectivity index is 0.00000144. The second-order valence-electron chi connectivity index (χ2n) is 3.18. The molecule has 0 aromatic carbocycles. The van der Waals surface area contributed by atoms with Crippen molar-refractivity contribution in [2.45, 2.75) is 25.8 Å². The standard InChI is InChI=1S/C8H17N3O.ClH/c1-2-3-7-6-10-4-5-11(7)8(9)12;/h7,10H,2-6H2,1H3,(H2,9,12);1H. The lowest BCUT2D eigenvalue weighted by molar-refractivity contribution is 0.162. The Morgan fingerprint density at radius 2 is 2.38 bits per heavy atom. The van der Waals surface area contributed by atoms with Crippen molar-refractivity contribution in [1.29, 1.82) is 0 Å². The number of carbonyl (C=O) groups is 1. The number of hydrogen-bond donors (Lipinski definition) is 2. The molecule has 1 saturated heterocycles. The highest BCUT2D eigenvalue weighted by Crippen LogP contribution is 2.08. The van der Waals surface area contributed by atoms with E-state index >= 15 is 0 Å². The van der Waals surface area contributed by atoms with Crippen LogP contribution in [0.5, 0.6) is 0 Å². The Labute approximate surface area is 85.3 Å². The van der Waals surface area contributed by atoms with Gasteiger partial charge >= 0.3 is 6.03 Å². The summed E-state index contributed by atoms with van der Waals surface area (Å²) in [6.07, 6.45) is 2.13. The number of primary amides is 1. The van der Waals surface area contributed by atoms with Crippen LogP contribution < -0.4 is 11.1 Å². The summed E-state index contributed by atoms with van der Waals surface area (Å²) in [7, 11) is 0. The first kappa shape index (κ1) is 12.5. The number of piperazine rings is 1. The molecule has 13 heavy (non-hydrogen) atoms. The average Bonchev–Trinajstić information content (AvgIpc) is 2.05. The highest BCUT2D eigenvalue weighted by molar-refractivity contribution is 5.85. The summed E-state index contributed by atoms with van der Waals surface area (Å²) < 4.78 is 0. The summed E-state index contributed by atoms with van der Waals surface area (Å²) in [5.74, 6) is 0. The average molecular weight is 208 g/mol. The number of hydrogen-bond acceptors (Lipinski definition) is 2. The molecule has 4 nitrogen and oxygen atoms in total. The summed E-state index contributed by atoms with van der Waals surface area (Å²) in [5, 5.41) is 3.26. The predicted molar refractivity (Wildman–Crippen MR) is 55.1 cm³/mol. The van der Waals surface area contributed by atoms with Gasteiger partial charge in [0.2, 0.25) is 0 Å². The van der Waals surface area contributed by atoms with E-state index in [0.29, 0.717) is 6.04 Å². The molecule has 1 fully saturated rings. The van der Waals surface area contributed by atoms with E-state index in [1.165, 1.54) is 0 Å². The lowest BCUT2D eigenvalue weighted by Gasteiger charge is -2.34. The summed E-state index contributed by atoms with van der Waals surface area (Å²) in [4.78, 5) is 12.7. The van der Waals surface area contributed by atoms with Crippen LogP contribution in [0, 0.1) is 0 Å². The van der Waals surface area contributed by atoms with Crippen molar-refractivity contribution in [3.8, 4) is 0 Å². The minimum atomic E-state index is -0.282. The predicted octanol–water partition coefficient (Wildman–Crippen LogP) is 0.561. The van der Waals surface area contributed by atoms with Crippen molar-refractivity contribution < 1.29 is 4.79 Å². The van der Waals surface area contributed by atoms with Gasteiger partial charge in [0, 0.05) is 25.7 Å². The third-order valence-corrected chi connectivity index (χ3v) is 2.26. The van der Waals surface area contributed by atoms with Crippen molar-refractivity contribution in [1.82, 2.24) is 10.2 Å². The van der Waals surface area contributed by atoms with Crippen LogP contribution in [0.1, 0.15) is 19.8 Å². The Hall–Kier alpha value is -0.480. The summed E-state index contributed by atoms with van der Waals surface area (Å²) >= 11 is 0. The molecule has 1 unspecified atom stereocenters. The number of nitrogens with two attached hydrogens (primary N) is 1. The molecule has 0 aliphatic carbocycles. The van der Waals surface area contributed by atoms with E-state index in [0.717, 1.165) is 32.5 Å². The molecule has 3 N–H and O–H groups in total. The van der Waals surface area contributed by atoms with Crippen LogP contribution >= 0.6 is 12.4 Å². The monoisotopic (exact) mass is 207 g/mol. The molecule has 0 spiro atoms. The van der Waals surface area contributed by atoms with E-state index in [2.05, 4.69) is 12.2 Å². The maximum absolute atomic E-state index is 11.0. The molecule has 1 aliphatic heterocycles. The first-order valence-corrected chi connectivity index (χ1v) is 4.52. The molecule has 0 aromatic heterocycles. The van der Waals surface area contributed by atoms with Crippen LogP contribution in [0.25, 0.3) is 0 Å². The summed E-state index contributed by atoms with van der Waals surface area (Å²) in [5.41, 5.74) is 5.25. The number of nitrogens with zero attached hydrogens (tertiary/aromatic N) is 1. The number of urea groups is 1. The van der Waals surface area contributed by atoms with Gasteiger partial charge in [-0.05, 0) is 6.42 Å². The molecular formula is C8H18ClN3O. The SMILES string of the molecule is CCCC1CNCCN1C(N)=O.Cl. The van der Waals surface area contributed by atoms with Gasteiger partial charge < -0.3 is 16.0 Å². The van der Waals surface area contributed by atoms with Gasteiger partial charge in [-0.2, -0.15) is 0 Å². The number of amides is 2. The first-order valence-electron chi connectivity index (χ1n) is 4.52. The molecule has 1 atom stereocenters. The Morgan fingerprint density at radius 3 is 2.92 bits per heavy atom. The van der Waals surface area contributed by atoms with Gasteiger partial charge in [-0.15, -0.1) is 12.4 Å². The van der Waals surface area contributed by atoms with E-state index in [1.807, 2.05) is 0 Å². The molecule has 0 saturated carbocycles. The minimum Gasteiger partial charge on any atom is -0.351 e. The maximum Gasteiger partial charge on any atom is 0.315 e. The molecule has 1 rings (SSSR count). The van der Waals surface area contributed by atoms with E-state index in [-0.39, 0.29) is 18.4 Å². The van der Waals surface area contributed by atoms with Gasteiger partial charge in [-0.3, -0.25) is 0 Å². The van der Waals surface area contributed by atoms with Crippen LogP contribution in [0.3, 0.4) is 0 Å². The van der Waals surface area contributed by atoms with Gasteiger partial charge in [0.1, 0.15) is 0 Å². The number of nitrogens with one attached hydrogen (secondary N) is 1. The van der Waals surface area contributed by atoms with Crippen LogP contribution in [0.15, 0.2) is 0 Å². The normalized spacial score (nSPS) is 22.2. The lowest BCUT2D eigenvalue weighted by atomic mass is 10.1. The zero-order valence-corrected chi connectivity index (χ0v) is 8.77. The van der Waals surface area contributed by atoms with Gasteiger partial charge in [0.15, 0.2) is 0 Å². The summed E-state index contributed by atoms with van der Waals surface area (Å²) in [6, 6.07) is 0.0243. The van der Waals surface area contributed by atoms with Gasteiger partial charge in [0.25, 0.3) is 0 Å². The van der Waals surface area contributed by atoms with Crippen molar-refractivity contribution in [2.24, 2.45) is 5.73 Å². The van der Waals surface area contributed by atoms with Crippen LogP contribution in [-0.4, -0.2) is 36.6 Å². The highest BCUT2D eigenvalue weighted by Gasteiger charge is 2.23. The summed E-state index contributed by atoms with van der Waals surface area (Å²) in [6.45, 7) is 4.62. The van der Waals surface area contributed by atoms with Crippen molar-refractivity contribution in [2.75, 3.05) is 19.6 Å². The highest BCUT2D eigenvalue weighted by atomic mass is 35.5. The van der Waals surface area contributed by atoms with Crippen molar-refractivity contribution in [3.05, 3.63) is 0 Å². The molecule has 2 amide bonds. The fourth-order valence-electron chi connectivity index (χ4n) is 1.64. The fourth-order valence-corrected chi connectivity index (χ4v) is 1.64. The maximum atomic E-state index is 11.0. The lowest BCUT2D eigenvalue weighted by Crippen LogP contribution is -2.55. The smallest absolute Gasteiger partial charge is 0.315 e. The van der Waals surface area contributed by atoms with E-state index in [4.69, 9.17) is 5.73 Å². The number of rotatable bonds is 2. The van der Waals surface area contributed by atoms with Crippen LogP contribution in [-0.2, 0) is 0 Å². The number of halogens is 1. The zero-order valence-electron chi connectivity index (χ0n) is 7.95. The second kappa shape index (κ2) is 6.05. The molecule has 0 bridgehead atoms. The quantitative estimate of drug-likeness (QED) is 0.695. The molecule has 5 heteroatoms. The molecule has 1 aliphatic rings. The second-order valence-corrected chi connectivity index (χ2v) is 3.18. The zero-order chi connectivity index (χ0) is 8.97. The largest absolute Gasteiger partial charge is 0.351 e. The van der Waals surface area contributed by atoms with Gasteiger partial charge in [0.05, 0.1) is 0 Å². The molecule has 78 valence electrons. The van der Waals surface area contributed by atoms with Crippen molar-refractivity contribution in [3.63, 3.8) is 0 Å². The van der Waals surface area contributed by atoms with Gasteiger partial charge in [-0.1, -0.05) is 13.3 Å². The Kier molecular flexibility index (Phi) is 5.82. The Bertz CT molecular complexity index is 163. The third-order valence-electron chi connectivity index (χ3n) is 2.26. The van der Waals surface area contributed by atoms with Crippen molar-refractivity contribution >= 4 is 18.4 Å².